The van der Waals surface area contributed by atoms with Crippen LogP contribution in [0.1, 0.15) is 22.6 Å². The van der Waals surface area contributed by atoms with Gasteiger partial charge in [0.2, 0.25) is 5.43 Å². The van der Waals surface area contributed by atoms with Crippen molar-refractivity contribution in [2.45, 2.75) is 26.8 Å². The number of rotatable bonds is 8. The molecule has 8 heteroatoms. The standard InChI is InChI=1S/C28H26F3N3O2/c1-17-25(20-9-6-12-24(36-3)26(20)31)28(35)27(33-15-13-19-8-4-5-14-32-19)18(2)34(17)16-21-22(29)10-7-11-23(21)30/h4-12,14,33H,13,15-16H2,1-3H3. The summed E-state index contributed by atoms with van der Waals surface area (Å²) in [7, 11) is 1.34. The summed E-state index contributed by atoms with van der Waals surface area (Å²) in [6.07, 6.45) is 2.23. The number of aromatic nitrogens is 2. The number of methoxy groups -OCH3 is 1. The zero-order valence-electron chi connectivity index (χ0n) is 20.2. The van der Waals surface area contributed by atoms with Crippen LogP contribution in [-0.4, -0.2) is 23.2 Å². The van der Waals surface area contributed by atoms with Crippen molar-refractivity contribution in [3.05, 3.63) is 111 Å². The average Bonchev–Trinajstić information content (AvgIpc) is 2.87. The molecule has 4 aromatic rings. The molecule has 2 heterocycles. The molecule has 36 heavy (non-hydrogen) atoms. The summed E-state index contributed by atoms with van der Waals surface area (Å²) in [5, 5.41) is 3.16. The van der Waals surface area contributed by atoms with Crippen LogP contribution in [0.5, 0.6) is 5.75 Å². The number of hydrogen-bond acceptors (Lipinski definition) is 4. The second-order valence-corrected chi connectivity index (χ2v) is 8.36. The summed E-state index contributed by atoms with van der Waals surface area (Å²) in [6.45, 7) is 3.54. The quantitative estimate of drug-likeness (QED) is 0.344. The minimum absolute atomic E-state index is 0.0109. The third kappa shape index (κ3) is 4.84. The number of nitrogens with one attached hydrogen (secondary N) is 1. The second kappa shape index (κ2) is 10.7. The third-order valence-corrected chi connectivity index (χ3v) is 6.23. The highest BCUT2D eigenvalue weighted by atomic mass is 19.1. The van der Waals surface area contributed by atoms with E-state index in [2.05, 4.69) is 10.3 Å². The monoisotopic (exact) mass is 493 g/mol. The van der Waals surface area contributed by atoms with Gasteiger partial charge in [0, 0.05) is 47.4 Å². The average molecular weight is 494 g/mol. The molecule has 0 saturated heterocycles. The zero-order chi connectivity index (χ0) is 25.8. The SMILES string of the molecule is COc1cccc(-c2c(C)n(Cc3c(F)cccc3F)c(C)c(NCCc3ccccn3)c2=O)c1F. The van der Waals surface area contributed by atoms with Gasteiger partial charge in [0.15, 0.2) is 11.6 Å². The van der Waals surface area contributed by atoms with Gasteiger partial charge in [-0.1, -0.05) is 24.3 Å². The van der Waals surface area contributed by atoms with E-state index in [0.717, 1.165) is 5.69 Å². The van der Waals surface area contributed by atoms with E-state index >= 15 is 4.39 Å². The minimum atomic E-state index is -0.703. The maximum atomic E-state index is 15.3. The predicted molar refractivity (Wildman–Crippen MR) is 134 cm³/mol. The number of pyridine rings is 2. The van der Waals surface area contributed by atoms with Gasteiger partial charge in [-0.15, -0.1) is 0 Å². The van der Waals surface area contributed by atoms with Crippen molar-refractivity contribution >= 4 is 5.69 Å². The lowest BCUT2D eigenvalue weighted by molar-refractivity contribution is 0.387. The van der Waals surface area contributed by atoms with Crippen molar-refractivity contribution in [2.75, 3.05) is 19.0 Å². The van der Waals surface area contributed by atoms with E-state index < -0.39 is 22.9 Å². The largest absolute Gasteiger partial charge is 0.494 e. The number of hydrogen-bond donors (Lipinski definition) is 1. The normalized spacial score (nSPS) is 10.9. The van der Waals surface area contributed by atoms with Gasteiger partial charge in [-0.3, -0.25) is 9.78 Å². The summed E-state index contributed by atoms with van der Waals surface area (Å²) in [4.78, 5) is 18.0. The first-order valence-corrected chi connectivity index (χ1v) is 11.5. The van der Waals surface area contributed by atoms with Gasteiger partial charge < -0.3 is 14.6 Å². The zero-order valence-corrected chi connectivity index (χ0v) is 20.2. The molecule has 5 nitrogen and oxygen atoms in total. The molecule has 1 N–H and O–H groups in total. The fraction of sp³-hybridized carbons (Fsp3) is 0.214. The highest BCUT2D eigenvalue weighted by Crippen LogP contribution is 2.32. The van der Waals surface area contributed by atoms with Gasteiger partial charge in [-0.2, -0.15) is 0 Å². The van der Waals surface area contributed by atoms with Crippen LogP contribution >= 0.6 is 0 Å². The second-order valence-electron chi connectivity index (χ2n) is 8.36. The Kier molecular flexibility index (Phi) is 7.43. The fourth-order valence-corrected chi connectivity index (χ4v) is 4.30. The number of ether oxygens (including phenoxy) is 1. The van der Waals surface area contributed by atoms with Gasteiger partial charge in [0.1, 0.15) is 17.3 Å². The maximum absolute atomic E-state index is 15.3. The van der Waals surface area contributed by atoms with E-state index in [-0.39, 0.29) is 34.7 Å². The molecule has 2 aromatic carbocycles. The van der Waals surface area contributed by atoms with E-state index in [9.17, 15) is 13.6 Å². The lowest BCUT2D eigenvalue weighted by atomic mass is 10.00. The molecule has 0 amide bonds. The highest BCUT2D eigenvalue weighted by molar-refractivity contribution is 5.73. The fourth-order valence-electron chi connectivity index (χ4n) is 4.30. The molecule has 0 aliphatic heterocycles. The molecule has 0 unspecified atom stereocenters. The molecule has 0 atom stereocenters. The Morgan fingerprint density at radius 2 is 1.67 bits per heavy atom. The van der Waals surface area contributed by atoms with Crippen LogP contribution in [0, 0.1) is 31.3 Å². The Labute approximate surface area is 207 Å². The predicted octanol–water partition coefficient (Wildman–Crippen LogP) is 5.66. The molecule has 0 spiro atoms. The van der Waals surface area contributed by atoms with E-state index in [0.29, 0.717) is 24.4 Å². The van der Waals surface area contributed by atoms with Gasteiger partial charge in [-0.25, -0.2) is 13.2 Å². The van der Waals surface area contributed by atoms with Gasteiger partial charge in [0.25, 0.3) is 0 Å². The van der Waals surface area contributed by atoms with Crippen LogP contribution in [0.4, 0.5) is 18.9 Å². The molecule has 0 bridgehead atoms. The summed E-state index contributed by atoms with van der Waals surface area (Å²) in [5.74, 6) is -2.10. The molecule has 4 rings (SSSR count). The van der Waals surface area contributed by atoms with Gasteiger partial charge in [-0.05, 0) is 44.2 Å². The summed E-state index contributed by atoms with van der Waals surface area (Å²) >= 11 is 0. The van der Waals surface area contributed by atoms with Gasteiger partial charge in [0.05, 0.1) is 19.2 Å². The van der Waals surface area contributed by atoms with Crippen LogP contribution in [-0.2, 0) is 13.0 Å². The van der Waals surface area contributed by atoms with Crippen LogP contribution < -0.4 is 15.5 Å². The number of nitrogens with zero attached hydrogens (tertiary/aromatic N) is 2. The molecule has 0 aliphatic rings. The van der Waals surface area contributed by atoms with Crippen molar-refractivity contribution in [3.8, 4) is 16.9 Å². The first-order valence-electron chi connectivity index (χ1n) is 11.5. The summed E-state index contributed by atoms with van der Waals surface area (Å²) in [5.41, 5.74) is 1.50. The van der Waals surface area contributed by atoms with Crippen molar-refractivity contribution in [3.63, 3.8) is 0 Å². The van der Waals surface area contributed by atoms with Crippen molar-refractivity contribution in [1.82, 2.24) is 9.55 Å². The number of benzene rings is 2. The lowest BCUT2D eigenvalue weighted by Gasteiger charge is -2.23. The molecule has 0 radical (unpaired) electrons. The van der Waals surface area contributed by atoms with E-state index in [1.165, 1.54) is 37.4 Å². The summed E-state index contributed by atoms with van der Waals surface area (Å²) < 4.78 is 51.1. The number of anilines is 1. The Hall–Kier alpha value is -4.07. The maximum Gasteiger partial charge on any atom is 0.213 e. The number of halogens is 3. The Morgan fingerprint density at radius 1 is 0.944 bits per heavy atom. The smallest absolute Gasteiger partial charge is 0.213 e. The van der Waals surface area contributed by atoms with Crippen LogP contribution in [0.15, 0.2) is 65.6 Å². The van der Waals surface area contributed by atoms with E-state index in [4.69, 9.17) is 4.74 Å². The molecule has 0 saturated carbocycles. The van der Waals surface area contributed by atoms with Crippen molar-refractivity contribution in [1.29, 1.82) is 0 Å². The lowest BCUT2D eigenvalue weighted by Crippen LogP contribution is -2.25. The molecule has 2 aromatic heterocycles. The minimum Gasteiger partial charge on any atom is -0.494 e. The first kappa shape index (κ1) is 25.0. The molecule has 0 fully saturated rings. The van der Waals surface area contributed by atoms with E-state index in [1.807, 2.05) is 18.2 Å². The highest BCUT2D eigenvalue weighted by Gasteiger charge is 2.23. The third-order valence-electron chi connectivity index (χ3n) is 6.23. The first-order chi connectivity index (χ1) is 17.3. The van der Waals surface area contributed by atoms with Crippen LogP contribution in [0.2, 0.25) is 0 Å². The molecular weight excluding hydrogens is 467 g/mol. The van der Waals surface area contributed by atoms with Gasteiger partial charge >= 0.3 is 0 Å². The Bertz CT molecular complexity index is 1430. The van der Waals surface area contributed by atoms with Crippen LogP contribution in [0.3, 0.4) is 0 Å². The Balaban J connectivity index is 1.86. The molecule has 186 valence electrons. The topological polar surface area (TPSA) is 56.1 Å². The van der Waals surface area contributed by atoms with Crippen molar-refractivity contribution < 1.29 is 17.9 Å². The van der Waals surface area contributed by atoms with Crippen LogP contribution in [0.25, 0.3) is 11.1 Å². The molecule has 0 aliphatic carbocycles. The summed E-state index contributed by atoms with van der Waals surface area (Å²) in [6, 6.07) is 13.8. The Morgan fingerprint density at radius 3 is 2.33 bits per heavy atom. The molecular formula is C28H26F3N3O2. The van der Waals surface area contributed by atoms with E-state index in [1.54, 1.807) is 30.7 Å². The van der Waals surface area contributed by atoms with Crippen molar-refractivity contribution in [2.24, 2.45) is 0 Å².